The van der Waals surface area contributed by atoms with Crippen molar-refractivity contribution in [3.05, 3.63) is 11.6 Å². The molecule has 0 aromatic carbocycles. The fourth-order valence-electron chi connectivity index (χ4n) is 2.84. The minimum absolute atomic E-state index is 0.234. The number of carbonyl (C=O) groups excluding carboxylic acids is 3. The summed E-state index contributed by atoms with van der Waals surface area (Å²) >= 11 is 0. The van der Waals surface area contributed by atoms with Gasteiger partial charge < -0.3 is 19.7 Å². The van der Waals surface area contributed by atoms with E-state index >= 15 is 0 Å². The Balaban J connectivity index is 5.71. The van der Waals surface area contributed by atoms with Gasteiger partial charge in [-0.25, -0.2) is 9.59 Å². The third-order valence-corrected chi connectivity index (χ3v) is 4.51. The van der Waals surface area contributed by atoms with Gasteiger partial charge in [0.2, 0.25) is 5.91 Å². The Hall–Kier alpha value is -2.05. The third kappa shape index (κ3) is 10.1. The zero-order valence-corrected chi connectivity index (χ0v) is 20.5. The molecule has 0 aromatic heterocycles. The minimum Gasteiger partial charge on any atom is -0.463 e. The van der Waals surface area contributed by atoms with E-state index in [2.05, 4.69) is 12.2 Å². The maximum atomic E-state index is 13.4. The van der Waals surface area contributed by atoms with Crippen molar-refractivity contribution in [2.75, 3.05) is 13.7 Å². The summed E-state index contributed by atoms with van der Waals surface area (Å²) in [6.45, 7) is 16.8. The standard InChI is InChI=1S/C23H42N2O5/c1-11-13-14-17(15-16(3)20(27)29-12-2)25(10)19(26)18(22(4,5)6)24-21(28)30-23(7,8)9/h15,17-18H,11-14H2,1-10H3,(H,24,28)/b16-15+/t17-,18+/m0/s1. The fourth-order valence-corrected chi connectivity index (χ4v) is 2.84. The van der Waals surface area contributed by atoms with Gasteiger partial charge in [0.05, 0.1) is 12.6 Å². The second kappa shape index (κ2) is 12.0. The molecule has 2 amide bonds. The monoisotopic (exact) mass is 426 g/mol. The molecular weight excluding hydrogens is 384 g/mol. The van der Waals surface area contributed by atoms with Crippen LogP contribution in [0.25, 0.3) is 0 Å². The van der Waals surface area contributed by atoms with E-state index in [1.807, 2.05) is 20.8 Å². The highest BCUT2D eigenvalue weighted by Crippen LogP contribution is 2.24. The number of unbranched alkanes of at least 4 members (excludes halogenated alkanes) is 1. The van der Waals surface area contributed by atoms with Crippen molar-refractivity contribution < 1.29 is 23.9 Å². The second-order valence-electron chi connectivity index (χ2n) is 9.67. The van der Waals surface area contributed by atoms with Crippen LogP contribution in [-0.2, 0) is 19.1 Å². The summed E-state index contributed by atoms with van der Waals surface area (Å²) in [7, 11) is 1.70. The molecule has 0 fully saturated rings. The zero-order valence-electron chi connectivity index (χ0n) is 20.5. The number of ether oxygens (including phenoxy) is 2. The number of rotatable bonds is 9. The Labute approximate surface area is 182 Å². The van der Waals surface area contributed by atoms with Crippen LogP contribution < -0.4 is 5.32 Å². The van der Waals surface area contributed by atoms with Crippen LogP contribution >= 0.6 is 0 Å². The van der Waals surface area contributed by atoms with Crippen LogP contribution in [0.2, 0.25) is 0 Å². The zero-order chi connectivity index (χ0) is 23.7. The van der Waals surface area contributed by atoms with Gasteiger partial charge in [-0.2, -0.15) is 0 Å². The van der Waals surface area contributed by atoms with Gasteiger partial charge in [0, 0.05) is 12.6 Å². The normalized spacial score (nSPS) is 14.5. The number of hydrogen-bond donors (Lipinski definition) is 1. The maximum absolute atomic E-state index is 13.4. The highest BCUT2D eigenvalue weighted by atomic mass is 16.6. The van der Waals surface area contributed by atoms with Gasteiger partial charge >= 0.3 is 12.1 Å². The average molecular weight is 427 g/mol. The number of amides is 2. The van der Waals surface area contributed by atoms with Gasteiger partial charge in [-0.3, -0.25) is 4.79 Å². The Morgan fingerprint density at radius 1 is 1.07 bits per heavy atom. The molecule has 7 heteroatoms. The van der Waals surface area contributed by atoms with Crippen molar-refractivity contribution in [3.63, 3.8) is 0 Å². The van der Waals surface area contributed by atoms with Crippen molar-refractivity contribution in [2.24, 2.45) is 5.41 Å². The highest BCUT2D eigenvalue weighted by Gasteiger charge is 2.37. The summed E-state index contributed by atoms with van der Waals surface area (Å²) < 4.78 is 10.4. The van der Waals surface area contributed by atoms with Crippen molar-refractivity contribution in [1.82, 2.24) is 10.2 Å². The molecule has 0 saturated heterocycles. The third-order valence-electron chi connectivity index (χ3n) is 4.51. The van der Waals surface area contributed by atoms with Gasteiger partial charge in [-0.15, -0.1) is 0 Å². The molecule has 174 valence electrons. The van der Waals surface area contributed by atoms with Gasteiger partial charge in [0.15, 0.2) is 0 Å². The first-order valence-electron chi connectivity index (χ1n) is 10.8. The number of likely N-dealkylation sites (N-methyl/N-ethyl adjacent to an activating group) is 1. The molecule has 7 nitrogen and oxygen atoms in total. The van der Waals surface area contributed by atoms with E-state index in [0.717, 1.165) is 12.8 Å². The predicted octanol–water partition coefficient (Wildman–Crippen LogP) is 4.45. The van der Waals surface area contributed by atoms with E-state index < -0.39 is 23.2 Å². The van der Waals surface area contributed by atoms with Crippen molar-refractivity contribution in [2.45, 2.75) is 99.3 Å². The van der Waals surface area contributed by atoms with E-state index in [9.17, 15) is 14.4 Å². The second-order valence-corrected chi connectivity index (χ2v) is 9.67. The molecule has 0 aliphatic heterocycles. The molecule has 0 saturated carbocycles. The molecule has 0 bridgehead atoms. The van der Waals surface area contributed by atoms with Crippen molar-refractivity contribution >= 4 is 18.0 Å². The first kappa shape index (κ1) is 27.9. The first-order chi connectivity index (χ1) is 13.6. The lowest BCUT2D eigenvalue weighted by Crippen LogP contribution is -2.56. The summed E-state index contributed by atoms with van der Waals surface area (Å²) in [5, 5.41) is 2.74. The largest absolute Gasteiger partial charge is 0.463 e. The number of esters is 1. The molecule has 0 aliphatic rings. The van der Waals surface area contributed by atoms with Crippen LogP contribution in [0.5, 0.6) is 0 Å². The number of nitrogens with one attached hydrogen (secondary N) is 1. The lowest BCUT2D eigenvalue weighted by atomic mass is 9.85. The van der Waals surface area contributed by atoms with Crippen LogP contribution in [0.15, 0.2) is 11.6 Å². The lowest BCUT2D eigenvalue weighted by Gasteiger charge is -2.36. The molecule has 0 radical (unpaired) electrons. The van der Waals surface area contributed by atoms with Crippen LogP contribution in [0.1, 0.15) is 81.6 Å². The maximum Gasteiger partial charge on any atom is 0.408 e. The smallest absolute Gasteiger partial charge is 0.408 e. The number of carbonyl (C=O) groups is 3. The molecule has 0 aromatic rings. The van der Waals surface area contributed by atoms with Gasteiger partial charge in [0.25, 0.3) is 0 Å². The Morgan fingerprint density at radius 3 is 2.07 bits per heavy atom. The lowest BCUT2D eigenvalue weighted by molar-refractivity contribution is -0.139. The first-order valence-corrected chi connectivity index (χ1v) is 10.8. The molecule has 0 spiro atoms. The van der Waals surface area contributed by atoms with E-state index in [1.54, 1.807) is 52.6 Å². The molecule has 30 heavy (non-hydrogen) atoms. The fraction of sp³-hybridized carbons (Fsp3) is 0.783. The molecule has 0 unspecified atom stereocenters. The summed E-state index contributed by atoms with van der Waals surface area (Å²) in [6.07, 6.45) is 3.71. The summed E-state index contributed by atoms with van der Waals surface area (Å²) in [5.41, 5.74) is -0.729. The van der Waals surface area contributed by atoms with Gasteiger partial charge in [-0.05, 0) is 46.5 Å². The quantitative estimate of drug-likeness (QED) is 0.435. The SMILES string of the molecule is CCCC[C@@H](/C=C(\C)C(=O)OCC)N(C)C(=O)[C@@H](NC(=O)OC(C)(C)C)C(C)(C)C. The number of alkyl carbamates (subject to hydrolysis) is 1. The minimum atomic E-state index is -0.780. The van der Waals surface area contributed by atoms with Crippen LogP contribution in [0, 0.1) is 5.41 Å². The van der Waals surface area contributed by atoms with E-state index in [-0.39, 0.29) is 17.9 Å². The summed E-state index contributed by atoms with van der Waals surface area (Å²) in [5.74, 6) is -0.624. The number of hydrogen-bond acceptors (Lipinski definition) is 5. The highest BCUT2D eigenvalue weighted by molar-refractivity contribution is 5.89. The Morgan fingerprint density at radius 2 is 1.63 bits per heavy atom. The molecule has 2 atom stereocenters. The van der Waals surface area contributed by atoms with Gasteiger partial charge in [-0.1, -0.05) is 46.6 Å². The molecule has 0 heterocycles. The van der Waals surface area contributed by atoms with Gasteiger partial charge in [0.1, 0.15) is 11.6 Å². The molecule has 0 aliphatic carbocycles. The van der Waals surface area contributed by atoms with Crippen molar-refractivity contribution in [3.8, 4) is 0 Å². The summed E-state index contributed by atoms with van der Waals surface area (Å²) in [6, 6.07) is -1.06. The molecule has 0 rings (SSSR count). The van der Waals surface area contributed by atoms with Crippen LogP contribution in [0.3, 0.4) is 0 Å². The number of nitrogens with zero attached hydrogens (tertiary/aromatic N) is 1. The predicted molar refractivity (Wildman–Crippen MR) is 119 cm³/mol. The topological polar surface area (TPSA) is 84.9 Å². The molecule has 1 N–H and O–H groups in total. The van der Waals surface area contributed by atoms with Crippen LogP contribution in [0.4, 0.5) is 4.79 Å². The summed E-state index contributed by atoms with van der Waals surface area (Å²) in [4.78, 5) is 39.4. The average Bonchev–Trinajstić information content (AvgIpc) is 2.59. The van der Waals surface area contributed by atoms with E-state index in [1.165, 1.54) is 0 Å². The van der Waals surface area contributed by atoms with Crippen molar-refractivity contribution in [1.29, 1.82) is 0 Å². The molecular formula is C23H42N2O5. The van der Waals surface area contributed by atoms with E-state index in [0.29, 0.717) is 18.6 Å². The van der Waals surface area contributed by atoms with Crippen LogP contribution in [-0.4, -0.2) is 54.2 Å². The Bertz CT molecular complexity index is 614. The van der Waals surface area contributed by atoms with E-state index in [4.69, 9.17) is 9.47 Å². The Kier molecular flexibility index (Phi) is 11.1.